The van der Waals surface area contributed by atoms with Crippen LogP contribution in [-0.2, 0) is 4.79 Å². The van der Waals surface area contributed by atoms with E-state index in [1.54, 1.807) is 23.2 Å². The molecule has 14 heteroatoms. The molecule has 0 saturated carbocycles. The van der Waals surface area contributed by atoms with Gasteiger partial charge in [0, 0.05) is 11.1 Å². The van der Waals surface area contributed by atoms with Crippen LogP contribution in [0.4, 0.5) is 18.9 Å². The van der Waals surface area contributed by atoms with Crippen LogP contribution in [0.2, 0.25) is 0 Å². The summed E-state index contributed by atoms with van der Waals surface area (Å²) in [6, 6.07) is 18.4. The molecule has 3 aromatic carbocycles. The number of hydrogen-bond donors (Lipinski definition) is 1. The van der Waals surface area contributed by atoms with Crippen molar-refractivity contribution in [2.75, 3.05) is 10.7 Å². The molecular formula is C30H24F3N7O2S2. The molecule has 224 valence electrons. The molecule has 1 aromatic heterocycles. The highest BCUT2D eigenvalue weighted by Crippen LogP contribution is 2.33. The third kappa shape index (κ3) is 7.38. The van der Waals surface area contributed by atoms with Crippen LogP contribution in [-0.4, -0.2) is 49.3 Å². The number of thiocarbonyl (C=S) groups is 1. The summed E-state index contributed by atoms with van der Waals surface area (Å²) in [6.07, 6.45) is -1.73. The molecule has 0 bridgehead atoms. The number of aromatic nitrogens is 3. The van der Waals surface area contributed by atoms with Gasteiger partial charge in [0.05, 0.1) is 23.3 Å². The van der Waals surface area contributed by atoms with Crippen molar-refractivity contribution in [1.82, 2.24) is 20.2 Å². The lowest BCUT2D eigenvalue weighted by Gasteiger charge is -2.20. The van der Waals surface area contributed by atoms with E-state index in [9.17, 15) is 18.0 Å². The highest BCUT2D eigenvalue weighted by Gasteiger charge is 2.32. The van der Waals surface area contributed by atoms with Crippen molar-refractivity contribution in [3.8, 4) is 22.8 Å². The first-order valence-electron chi connectivity index (χ1n) is 13.0. The quantitative estimate of drug-likeness (QED) is 0.140. The molecule has 1 amide bonds. The van der Waals surface area contributed by atoms with Gasteiger partial charge in [-0.1, -0.05) is 54.7 Å². The lowest BCUT2D eigenvalue weighted by Crippen LogP contribution is -2.31. The Kier molecular flexibility index (Phi) is 8.92. The highest BCUT2D eigenvalue weighted by molar-refractivity contribution is 8.15. The predicted octanol–water partition coefficient (Wildman–Crippen LogP) is 6.52. The number of nitrogens with zero attached hydrogens (tertiary/aromatic N) is 6. The van der Waals surface area contributed by atoms with Gasteiger partial charge in [0.2, 0.25) is 11.0 Å². The van der Waals surface area contributed by atoms with Crippen molar-refractivity contribution in [2.24, 2.45) is 10.1 Å². The number of hydrogen-bond acceptors (Lipinski definition) is 7. The summed E-state index contributed by atoms with van der Waals surface area (Å²) in [6.45, 7) is 7.87. The number of rotatable bonds is 7. The van der Waals surface area contributed by atoms with Crippen LogP contribution < -0.4 is 15.1 Å². The summed E-state index contributed by atoms with van der Waals surface area (Å²) in [5.41, 5.74) is 8.13. The SMILES string of the molecule is C=C(C)c1ccc(C)cc1N1C(=O)CS/C1=N\C(=S)N/N=C/c1ccc(-c2ncn(-c3ccc(OC(F)(F)F)cc3)n2)cc1. The molecule has 1 aliphatic rings. The first-order chi connectivity index (χ1) is 21.0. The van der Waals surface area contributed by atoms with Crippen molar-refractivity contribution < 1.29 is 22.7 Å². The topological polar surface area (TPSA) is 97.0 Å². The van der Waals surface area contributed by atoms with Crippen LogP contribution >= 0.6 is 24.0 Å². The number of aryl methyl sites for hydroxylation is 1. The Labute approximate surface area is 260 Å². The van der Waals surface area contributed by atoms with Crippen LogP contribution in [0, 0.1) is 6.92 Å². The number of amidine groups is 1. The fraction of sp³-hybridized carbons (Fsp3) is 0.133. The Morgan fingerprint density at radius 2 is 1.86 bits per heavy atom. The van der Waals surface area contributed by atoms with Gasteiger partial charge in [-0.15, -0.1) is 18.3 Å². The summed E-state index contributed by atoms with van der Waals surface area (Å²) >= 11 is 6.66. The number of carbonyl (C=O) groups is 1. The largest absolute Gasteiger partial charge is 0.573 e. The maximum Gasteiger partial charge on any atom is 0.573 e. The van der Waals surface area contributed by atoms with Gasteiger partial charge in [0.1, 0.15) is 12.1 Å². The second-order valence-corrected chi connectivity index (χ2v) is 10.9. The second-order valence-electron chi connectivity index (χ2n) is 9.56. The zero-order valence-electron chi connectivity index (χ0n) is 23.4. The Balaban J connectivity index is 1.22. The molecule has 1 aliphatic heterocycles. The first-order valence-corrected chi connectivity index (χ1v) is 14.4. The molecule has 4 aromatic rings. The lowest BCUT2D eigenvalue weighted by molar-refractivity contribution is -0.274. The number of hydrazone groups is 1. The fourth-order valence-corrected chi connectivity index (χ4v) is 5.25. The molecule has 1 saturated heterocycles. The smallest absolute Gasteiger partial charge is 0.406 e. The number of allylic oxidation sites excluding steroid dienone is 1. The van der Waals surface area contributed by atoms with E-state index >= 15 is 0 Å². The van der Waals surface area contributed by atoms with Crippen molar-refractivity contribution >= 4 is 57.6 Å². The van der Waals surface area contributed by atoms with E-state index in [0.29, 0.717) is 22.4 Å². The molecule has 5 rings (SSSR count). The first kappa shape index (κ1) is 30.6. The predicted molar refractivity (Wildman–Crippen MR) is 170 cm³/mol. The van der Waals surface area contributed by atoms with Gasteiger partial charge in [0.15, 0.2) is 11.0 Å². The normalized spacial score (nSPS) is 14.4. The summed E-state index contributed by atoms with van der Waals surface area (Å²) < 4.78 is 42.5. The van der Waals surface area contributed by atoms with Gasteiger partial charge in [-0.2, -0.15) is 10.1 Å². The molecule has 0 unspecified atom stereocenters. The van der Waals surface area contributed by atoms with Crippen LogP contribution in [0.15, 0.2) is 89.7 Å². The third-order valence-corrected chi connectivity index (χ3v) is 7.29. The molecule has 2 heterocycles. The Morgan fingerprint density at radius 3 is 2.55 bits per heavy atom. The number of anilines is 1. The number of ether oxygens (including phenoxy) is 1. The zero-order chi connectivity index (χ0) is 31.4. The van der Waals surface area contributed by atoms with E-state index in [-0.39, 0.29) is 22.5 Å². The van der Waals surface area contributed by atoms with Crippen LogP contribution in [0.25, 0.3) is 22.6 Å². The molecule has 0 aliphatic carbocycles. The molecule has 44 heavy (non-hydrogen) atoms. The number of thioether (sulfide) groups is 1. The number of halogens is 3. The average Bonchev–Trinajstić information content (AvgIpc) is 3.60. The maximum absolute atomic E-state index is 12.8. The second kappa shape index (κ2) is 12.8. The number of amides is 1. The van der Waals surface area contributed by atoms with Crippen LogP contribution in [0.1, 0.15) is 23.6 Å². The maximum atomic E-state index is 12.8. The van der Waals surface area contributed by atoms with E-state index in [2.05, 4.69) is 36.9 Å². The molecular weight excluding hydrogens is 612 g/mol. The van der Waals surface area contributed by atoms with E-state index < -0.39 is 6.36 Å². The zero-order valence-corrected chi connectivity index (χ0v) is 25.0. The van der Waals surface area contributed by atoms with Crippen molar-refractivity contribution in [3.63, 3.8) is 0 Å². The Hall–Kier alpha value is -4.82. The minimum Gasteiger partial charge on any atom is -0.406 e. The summed E-state index contributed by atoms with van der Waals surface area (Å²) in [4.78, 5) is 23.0. The number of carbonyl (C=O) groups excluding carboxylic acids is 1. The van der Waals surface area contributed by atoms with Gasteiger partial charge in [-0.3, -0.25) is 15.1 Å². The number of benzene rings is 3. The van der Waals surface area contributed by atoms with Gasteiger partial charge in [0.25, 0.3) is 0 Å². The number of nitrogens with one attached hydrogen (secondary N) is 1. The Bertz CT molecular complexity index is 1780. The fourth-order valence-electron chi connectivity index (χ4n) is 4.18. The minimum absolute atomic E-state index is 0.0948. The van der Waals surface area contributed by atoms with Gasteiger partial charge in [-0.05, 0) is 73.1 Å². The average molecular weight is 636 g/mol. The van der Waals surface area contributed by atoms with Gasteiger partial charge in [-0.25, -0.2) is 9.67 Å². The summed E-state index contributed by atoms with van der Waals surface area (Å²) in [5, 5.41) is 9.12. The molecule has 0 radical (unpaired) electrons. The molecule has 9 nitrogen and oxygen atoms in total. The van der Waals surface area contributed by atoms with Crippen molar-refractivity contribution in [1.29, 1.82) is 0 Å². The number of alkyl halides is 3. The monoisotopic (exact) mass is 635 g/mol. The van der Waals surface area contributed by atoms with Crippen LogP contribution in [0.5, 0.6) is 5.75 Å². The van der Waals surface area contributed by atoms with Crippen molar-refractivity contribution in [2.45, 2.75) is 20.2 Å². The summed E-state index contributed by atoms with van der Waals surface area (Å²) in [5.74, 6) is 0.254. The Morgan fingerprint density at radius 1 is 1.14 bits per heavy atom. The van der Waals surface area contributed by atoms with Gasteiger partial charge >= 0.3 is 6.36 Å². The number of aliphatic imine (C=N–C) groups is 1. The molecule has 1 N–H and O–H groups in total. The van der Waals surface area contributed by atoms with Crippen molar-refractivity contribution in [3.05, 3.63) is 96.3 Å². The minimum atomic E-state index is -4.76. The highest BCUT2D eigenvalue weighted by atomic mass is 32.2. The third-order valence-electron chi connectivity index (χ3n) is 6.19. The molecule has 0 atom stereocenters. The molecule has 0 spiro atoms. The van der Waals surface area contributed by atoms with E-state index in [0.717, 1.165) is 27.8 Å². The molecule has 1 fully saturated rings. The van der Waals surface area contributed by atoms with E-state index in [1.807, 2.05) is 44.2 Å². The van der Waals surface area contributed by atoms with E-state index in [4.69, 9.17) is 12.2 Å². The van der Waals surface area contributed by atoms with Gasteiger partial charge < -0.3 is 4.74 Å². The van der Waals surface area contributed by atoms with E-state index in [1.165, 1.54) is 47.0 Å². The van der Waals surface area contributed by atoms with Crippen LogP contribution in [0.3, 0.4) is 0 Å². The standard InChI is InChI=1S/C30H24F3N7O2S2/c1-18(2)24-13-4-19(3)14-25(24)40-26(41)16-44-29(40)36-28(43)37-35-15-20-5-7-21(8-6-20)27-34-17-39(38-27)22-9-11-23(12-10-22)42-30(31,32)33/h4-15,17H,1,16H2,2-3H3,(H,37,43)/b35-15+,36-29-. The lowest BCUT2D eigenvalue weighted by atomic mass is 10.0. The summed E-state index contributed by atoms with van der Waals surface area (Å²) in [7, 11) is 0.